The van der Waals surface area contributed by atoms with Crippen LogP contribution in [0.2, 0.25) is 10.2 Å². The van der Waals surface area contributed by atoms with Crippen molar-refractivity contribution in [2.45, 2.75) is 19.9 Å². The summed E-state index contributed by atoms with van der Waals surface area (Å²) < 4.78 is 6.70. The molecule has 0 atom stereocenters. The van der Waals surface area contributed by atoms with Crippen molar-refractivity contribution in [2.75, 3.05) is 18.1 Å². The molecule has 1 aliphatic rings. The predicted molar refractivity (Wildman–Crippen MR) is 121 cm³/mol. The molecule has 1 amide bonds. The molecular weight excluding hydrogens is 453 g/mol. The lowest BCUT2D eigenvalue weighted by molar-refractivity contribution is -0.107. The first-order chi connectivity index (χ1) is 15.4. The van der Waals surface area contributed by atoms with E-state index in [1.807, 2.05) is 18.2 Å². The fourth-order valence-corrected chi connectivity index (χ4v) is 4.18. The maximum Gasteiger partial charge on any atom is 0.343 e. The van der Waals surface area contributed by atoms with Gasteiger partial charge in [0.1, 0.15) is 10.7 Å². The van der Waals surface area contributed by atoms with Gasteiger partial charge in [0.25, 0.3) is 0 Å². The van der Waals surface area contributed by atoms with Crippen LogP contribution in [-0.4, -0.2) is 41.1 Å². The normalized spacial score (nSPS) is 12.5. The molecule has 0 bridgehead atoms. The Hall–Kier alpha value is -3.16. The van der Waals surface area contributed by atoms with Crippen LogP contribution < -0.4 is 4.90 Å². The molecule has 0 radical (unpaired) electrons. The van der Waals surface area contributed by atoms with Gasteiger partial charge in [-0.15, -0.1) is 0 Å². The number of anilines is 1. The van der Waals surface area contributed by atoms with E-state index in [4.69, 9.17) is 27.9 Å². The molecule has 0 spiro atoms. The number of carbonyl (C=O) groups is 3. The molecule has 4 rings (SSSR count). The van der Waals surface area contributed by atoms with Crippen LogP contribution in [0.3, 0.4) is 0 Å². The van der Waals surface area contributed by atoms with Gasteiger partial charge in [0.05, 0.1) is 12.2 Å². The Morgan fingerprint density at radius 2 is 1.97 bits per heavy atom. The van der Waals surface area contributed by atoms with E-state index >= 15 is 0 Å². The molecule has 0 saturated carbocycles. The van der Waals surface area contributed by atoms with Crippen molar-refractivity contribution in [1.82, 2.24) is 9.78 Å². The fraction of sp³-hybridized carbons (Fsp3) is 0.217. The van der Waals surface area contributed by atoms with Crippen LogP contribution in [0.15, 0.2) is 42.5 Å². The van der Waals surface area contributed by atoms with Crippen LogP contribution in [0, 0.1) is 6.92 Å². The van der Waals surface area contributed by atoms with Gasteiger partial charge in [0, 0.05) is 22.8 Å². The quantitative estimate of drug-likeness (QED) is 0.294. The standard InChI is InChI=1S/C23H19Cl2N3O4/c1-14-21(22(25)28(26-14)11-17-4-2-3-5-18(17)24)23(31)32-12-20(30)16-6-7-19-15(10-16)8-9-27(19)13-29/h2-7,10,13H,8-9,11-12H2,1H3. The Morgan fingerprint density at radius 3 is 2.72 bits per heavy atom. The maximum absolute atomic E-state index is 12.6. The molecule has 0 unspecified atom stereocenters. The Bertz CT molecular complexity index is 1220. The molecule has 0 aliphatic carbocycles. The number of Topliss-reactive ketones (excluding diaryl/α,β-unsaturated/α-hetero) is 1. The summed E-state index contributed by atoms with van der Waals surface area (Å²) in [6.45, 7) is 2.09. The number of hydrogen-bond acceptors (Lipinski definition) is 5. The molecule has 164 valence electrons. The van der Waals surface area contributed by atoms with Crippen molar-refractivity contribution >= 4 is 47.1 Å². The zero-order valence-electron chi connectivity index (χ0n) is 17.2. The minimum Gasteiger partial charge on any atom is -0.454 e. The number of aromatic nitrogens is 2. The third-order valence-electron chi connectivity index (χ3n) is 5.34. The van der Waals surface area contributed by atoms with E-state index in [0.717, 1.165) is 23.2 Å². The van der Waals surface area contributed by atoms with Crippen molar-refractivity contribution in [3.05, 3.63) is 80.6 Å². The molecule has 1 aromatic heterocycles. The summed E-state index contributed by atoms with van der Waals surface area (Å²) in [5.41, 5.74) is 3.43. The number of ketones is 1. The highest BCUT2D eigenvalue weighted by atomic mass is 35.5. The van der Waals surface area contributed by atoms with Gasteiger partial charge in [0.2, 0.25) is 6.41 Å². The van der Waals surface area contributed by atoms with Gasteiger partial charge in [-0.3, -0.25) is 9.59 Å². The molecule has 3 aromatic rings. The third kappa shape index (κ3) is 4.26. The monoisotopic (exact) mass is 471 g/mol. The molecule has 2 aromatic carbocycles. The third-order valence-corrected chi connectivity index (χ3v) is 6.09. The first kappa shape index (κ1) is 22.0. The van der Waals surface area contributed by atoms with Gasteiger partial charge in [0.15, 0.2) is 12.4 Å². The number of esters is 1. The number of halogens is 2. The van der Waals surface area contributed by atoms with E-state index in [9.17, 15) is 14.4 Å². The van der Waals surface area contributed by atoms with Gasteiger partial charge < -0.3 is 9.64 Å². The Balaban J connectivity index is 1.44. The largest absolute Gasteiger partial charge is 0.454 e. The van der Waals surface area contributed by atoms with E-state index in [1.165, 1.54) is 4.68 Å². The molecule has 9 heteroatoms. The van der Waals surface area contributed by atoms with E-state index in [-0.39, 0.29) is 16.5 Å². The molecule has 7 nitrogen and oxygen atoms in total. The first-order valence-corrected chi connectivity index (χ1v) is 10.7. The summed E-state index contributed by atoms with van der Waals surface area (Å²) in [6.07, 6.45) is 1.45. The number of aryl methyl sites for hydroxylation is 1. The highest BCUT2D eigenvalue weighted by Gasteiger charge is 2.24. The second-order valence-corrected chi connectivity index (χ2v) is 8.16. The number of ether oxygens (including phenoxy) is 1. The van der Waals surface area contributed by atoms with E-state index in [1.54, 1.807) is 36.1 Å². The van der Waals surface area contributed by atoms with Crippen LogP contribution in [0.5, 0.6) is 0 Å². The number of nitrogens with zero attached hydrogens (tertiary/aromatic N) is 3. The average molecular weight is 472 g/mol. The lowest BCUT2D eigenvalue weighted by atomic mass is 10.1. The second-order valence-electron chi connectivity index (χ2n) is 7.39. The van der Waals surface area contributed by atoms with Gasteiger partial charge >= 0.3 is 5.97 Å². The van der Waals surface area contributed by atoms with E-state index in [2.05, 4.69) is 5.10 Å². The van der Waals surface area contributed by atoms with Crippen molar-refractivity contribution in [1.29, 1.82) is 0 Å². The number of rotatable bonds is 7. The predicted octanol–water partition coefficient (Wildman–Crippen LogP) is 4.11. The summed E-state index contributed by atoms with van der Waals surface area (Å²) in [7, 11) is 0. The average Bonchev–Trinajstić information content (AvgIpc) is 3.32. The molecular formula is C23H19Cl2N3O4. The zero-order valence-corrected chi connectivity index (χ0v) is 18.7. The number of amides is 1. The SMILES string of the molecule is Cc1nn(Cc2ccccc2Cl)c(Cl)c1C(=O)OCC(=O)c1ccc2c(c1)CCN2C=O. The number of hydrogen-bond donors (Lipinski definition) is 0. The Labute approximate surface area is 194 Å². The molecule has 0 fully saturated rings. The summed E-state index contributed by atoms with van der Waals surface area (Å²) in [5.74, 6) is -1.07. The van der Waals surface area contributed by atoms with Gasteiger partial charge in [-0.2, -0.15) is 5.10 Å². The summed E-state index contributed by atoms with van der Waals surface area (Å²) >= 11 is 12.6. The maximum atomic E-state index is 12.6. The van der Waals surface area contributed by atoms with Gasteiger partial charge in [-0.05, 0) is 48.7 Å². The lowest BCUT2D eigenvalue weighted by Gasteiger charge is -2.10. The number of benzene rings is 2. The van der Waals surface area contributed by atoms with Crippen molar-refractivity contribution in [3.8, 4) is 0 Å². The molecule has 0 N–H and O–H groups in total. The lowest BCUT2D eigenvalue weighted by Crippen LogP contribution is -2.17. The first-order valence-electron chi connectivity index (χ1n) is 9.90. The smallest absolute Gasteiger partial charge is 0.343 e. The number of carbonyl (C=O) groups excluding carboxylic acids is 3. The highest BCUT2D eigenvalue weighted by molar-refractivity contribution is 6.33. The molecule has 2 heterocycles. The van der Waals surface area contributed by atoms with Crippen LogP contribution >= 0.6 is 23.2 Å². The van der Waals surface area contributed by atoms with E-state index < -0.39 is 12.6 Å². The minimum absolute atomic E-state index is 0.113. The van der Waals surface area contributed by atoms with Crippen molar-refractivity contribution in [2.24, 2.45) is 0 Å². The van der Waals surface area contributed by atoms with Crippen molar-refractivity contribution < 1.29 is 19.1 Å². The molecule has 32 heavy (non-hydrogen) atoms. The van der Waals surface area contributed by atoms with Crippen LogP contribution in [0.4, 0.5) is 5.69 Å². The second kappa shape index (κ2) is 9.14. The van der Waals surface area contributed by atoms with E-state index in [0.29, 0.717) is 35.8 Å². The molecule has 1 aliphatic heterocycles. The fourth-order valence-electron chi connectivity index (χ4n) is 3.67. The van der Waals surface area contributed by atoms with Crippen LogP contribution in [-0.2, 0) is 22.5 Å². The summed E-state index contributed by atoms with van der Waals surface area (Å²) in [6, 6.07) is 12.4. The molecule has 0 saturated heterocycles. The topological polar surface area (TPSA) is 81.5 Å². The Kier molecular flexibility index (Phi) is 6.30. The zero-order chi connectivity index (χ0) is 22.8. The minimum atomic E-state index is -0.723. The van der Waals surface area contributed by atoms with Gasteiger partial charge in [-0.1, -0.05) is 41.4 Å². The summed E-state index contributed by atoms with van der Waals surface area (Å²) in [5, 5.41) is 5.00. The van der Waals surface area contributed by atoms with Crippen LogP contribution in [0.25, 0.3) is 0 Å². The van der Waals surface area contributed by atoms with Crippen LogP contribution in [0.1, 0.15) is 37.5 Å². The van der Waals surface area contributed by atoms with Gasteiger partial charge in [-0.25, -0.2) is 9.48 Å². The van der Waals surface area contributed by atoms with Crippen molar-refractivity contribution in [3.63, 3.8) is 0 Å². The highest BCUT2D eigenvalue weighted by Crippen LogP contribution is 2.28. The Morgan fingerprint density at radius 1 is 1.19 bits per heavy atom. The number of fused-ring (bicyclic) bond motifs is 1. The summed E-state index contributed by atoms with van der Waals surface area (Å²) in [4.78, 5) is 37.8.